The SMILES string of the molecule is COC(=O)c1nc(-c2ccc(F)c(F)c2F)c(F)c(N)c1Cl. The number of rotatable bonds is 2. The molecule has 0 aliphatic carbocycles. The lowest BCUT2D eigenvalue weighted by Gasteiger charge is -2.11. The Bertz CT molecular complexity index is 783. The molecule has 0 saturated carbocycles. The molecule has 22 heavy (non-hydrogen) atoms. The average molecular weight is 335 g/mol. The largest absolute Gasteiger partial charge is 0.464 e. The third-order valence-electron chi connectivity index (χ3n) is 2.78. The Labute approximate surface area is 126 Å². The van der Waals surface area contributed by atoms with Crippen LogP contribution in [0.2, 0.25) is 5.02 Å². The van der Waals surface area contributed by atoms with Gasteiger partial charge in [0.05, 0.1) is 17.8 Å². The highest BCUT2D eigenvalue weighted by Gasteiger charge is 2.25. The van der Waals surface area contributed by atoms with Gasteiger partial charge >= 0.3 is 5.97 Å². The second kappa shape index (κ2) is 5.80. The number of carbonyl (C=O) groups excluding carboxylic acids is 1. The van der Waals surface area contributed by atoms with Gasteiger partial charge < -0.3 is 10.5 Å². The van der Waals surface area contributed by atoms with Gasteiger partial charge in [-0.15, -0.1) is 0 Å². The summed E-state index contributed by atoms with van der Waals surface area (Å²) in [5.41, 5.74) is 2.60. The van der Waals surface area contributed by atoms with E-state index in [-0.39, 0.29) is 0 Å². The van der Waals surface area contributed by atoms with Crippen molar-refractivity contribution in [3.8, 4) is 11.3 Å². The molecule has 0 atom stereocenters. The van der Waals surface area contributed by atoms with Gasteiger partial charge in [-0.2, -0.15) is 0 Å². The lowest BCUT2D eigenvalue weighted by molar-refractivity contribution is 0.0594. The average Bonchev–Trinajstić information content (AvgIpc) is 2.51. The van der Waals surface area contributed by atoms with Gasteiger partial charge in [0.1, 0.15) is 5.69 Å². The van der Waals surface area contributed by atoms with E-state index in [1.54, 1.807) is 0 Å². The standard InChI is InChI=1S/C13H7ClF4N2O2/c1-22-13(21)12-6(14)10(19)9(18)11(20-12)4-2-3-5(15)8(17)7(4)16/h2-3H,1H3,(H2,19,20). The van der Waals surface area contributed by atoms with Crippen LogP contribution < -0.4 is 5.73 Å². The molecule has 1 aromatic carbocycles. The number of nitrogen functional groups attached to an aromatic ring is 1. The second-order valence-electron chi connectivity index (χ2n) is 4.07. The number of benzene rings is 1. The summed E-state index contributed by atoms with van der Waals surface area (Å²) in [5, 5.41) is -0.531. The van der Waals surface area contributed by atoms with Crippen molar-refractivity contribution in [3.63, 3.8) is 0 Å². The zero-order chi connectivity index (χ0) is 16.6. The Balaban J connectivity index is 2.79. The summed E-state index contributed by atoms with van der Waals surface area (Å²) in [4.78, 5) is 15.0. The van der Waals surface area contributed by atoms with Crippen LogP contribution in [0.5, 0.6) is 0 Å². The highest BCUT2D eigenvalue weighted by molar-refractivity contribution is 6.35. The zero-order valence-electron chi connectivity index (χ0n) is 10.9. The lowest BCUT2D eigenvalue weighted by atomic mass is 10.1. The first kappa shape index (κ1) is 16.0. The second-order valence-corrected chi connectivity index (χ2v) is 4.44. The lowest BCUT2D eigenvalue weighted by Crippen LogP contribution is -2.11. The van der Waals surface area contributed by atoms with Crippen molar-refractivity contribution in [1.29, 1.82) is 0 Å². The quantitative estimate of drug-likeness (QED) is 0.520. The van der Waals surface area contributed by atoms with Gasteiger partial charge in [0.2, 0.25) is 0 Å². The number of hydrogen-bond acceptors (Lipinski definition) is 4. The van der Waals surface area contributed by atoms with E-state index in [0.717, 1.165) is 13.2 Å². The molecule has 2 N–H and O–H groups in total. The van der Waals surface area contributed by atoms with Crippen molar-refractivity contribution in [1.82, 2.24) is 4.98 Å². The third-order valence-corrected chi connectivity index (χ3v) is 3.16. The highest BCUT2D eigenvalue weighted by Crippen LogP contribution is 2.34. The number of halogens is 5. The molecular formula is C13H7ClF4N2O2. The molecule has 1 aromatic heterocycles. The van der Waals surface area contributed by atoms with Gasteiger partial charge in [0, 0.05) is 5.56 Å². The van der Waals surface area contributed by atoms with Gasteiger partial charge in [-0.1, -0.05) is 11.6 Å². The predicted molar refractivity (Wildman–Crippen MR) is 70.3 cm³/mol. The molecule has 4 nitrogen and oxygen atoms in total. The molecule has 0 aliphatic rings. The van der Waals surface area contributed by atoms with Crippen molar-refractivity contribution in [2.24, 2.45) is 0 Å². The Morgan fingerprint density at radius 1 is 1.18 bits per heavy atom. The number of esters is 1. The minimum Gasteiger partial charge on any atom is -0.464 e. The van der Waals surface area contributed by atoms with Crippen LogP contribution in [-0.2, 0) is 4.74 Å². The van der Waals surface area contributed by atoms with Crippen LogP contribution in [0, 0.1) is 23.3 Å². The summed E-state index contributed by atoms with van der Waals surface area (Å²) in [7, 11) is 1.01. The van der Waals surface area contributed by atoms with Gasteiger partial charge in [0.15, 0.2) is 29.0 Å². The van der Waals surface area contributed by atoms with E-state index in [0.29, 0.717) is 6.07 Å². The van der Waals surface area contributed by atoms with E-state index in [9.17, 15) is 22.4 Å². The fraction of sp³-hybridized carbons (Fsp3) is 0.0769. The molecule has 0 bridgehead atoms. The molecule has 116 valence electrons. The van der Waals surface area contributed by atoms with E-state index in [2.05, 4.69) is 9.72 Å². The molecule has 0 aliphatic heterocycles. The summed E-state index contributed by atoms with van der Waals surface area (Å²) in [6, 6.07) is 1.34. The first-order valence-electron chi connectivity index (χ1n) is 5.66. The maximum Gasteiger partial charge on any atom is 0.358 e. The van der Waals surface area contributed by atoms with Crippen LogP contribution in [-0.4, -0.2) is 18.1 Å². The number of ether oxygens (including phenoxy) is 1. The number of nitrogens with two attached hydrogens (primary N) is 1. The summed E-state index contributed by atoms with van der Waals surface area (Å²) >= 11 is 5.67. The monoisotopic (exact) mass is 334 g/mol. The van der Waals surface area contributed by atoms with Crippen LogP contribution in [0.1, 0.15) is 10.5 Å². The van der Waals surface area contributed by atoms with Crippen molar-refractivity contribution >= 4 is 23.3 Å². The number of anilines is 1. The van der Waals surface area contributed by atoms with Gasteiger partial charge in [-0.3, -0.25) is 0 Å². The number of pyridine rings is 1. The van der Waals surface area contributed by atoms with Crippen LogP contribution >= 0.6 is 11.6 Å². The van der Waals surface area contributed by atoms with E-state index >= 15 is 0 Å². The number of methoxy groups -OCH3 is 1. The molecule has 0 amide bonds. The smallest absolute Gasteiger partial charge is 0.358 e. The normalized spacial score (nSPS) is 10.6. The maximum atomic E-state index is 14.1. The molecule has 2 aromatic rings. The summed E-state index contributed by atoms with van der Waals surface area (Å²) in [6.45, 7) is 0. The Morgan fingerprint density at radius 3 is 2.41 bits per heavy atom. The van der Waals surface area contributed by atoms with Crippen LogP contribution in [0.25, 0.3) is 11.3 Å². The number of carbonyl (C=O) groups is 1. The van der Waals surface area contributed by atoms with Crippen molar-refractivity contribution in [3.05, 3.63) is 46.1 Å². The Kier molecular flexibility index (Phi) is 4.23. The Morgan fingerprint density at radius 2 is 1.82 bits per heavy atom. The summed E-state index contributed by atoms with van der Waals surface area (Å²) in [5.74, 6) is -7.28. The van der Waals surface area contributed by atoms with E-state index in [1.807, 2.05) is 0 Å². The molecule has 2 rings (SSSR count). The summed E-state index contributed by atoms with van der Waals surface area (Å²) in [6.07, 6.45) is 0. The summed E-state index contributed by atoms with van der Waals surface area (Å²) < 4.78 is 58.4. The molecule has 0 radical (unpaired) electrons. The highest BCUT2D eigenvalue weighted by atomic mass is 35.5. The Hall–Kier alpha value is -2.35. The molecule has 0 spiro atoms. The first-order valence-corrected chi connectivity index (χ1v) is 6.04. The van der Waals surface area contributed by atoms with E-state index in [4.69, 9.17) is 17.3 Å². The fourth-order valence-corrected chi connectivity index (χ4v) is 1.88. The van der Waals surface area contributed by atoms with Crippen molar-refractivity contribution in [2.75, 3.05) is 12.8 Å². The number of aromatic nitrogens is 1. The van der Waals surface area contributed by atoms with Crippen molar-refractivity contribution in [2.45, 2.75) is 0 Å². The van der Waals surface area contributed by atoms with Gasteiger partial charge in [-0.25, -0.2) is 27.3 Å². The molecule has 0 saturated heterocycles. The van der Waals surface area contributed by atoms with Crippen LogP contribution in [0.15, 0.2) is 12.1 Å². The predicted octanol–water partition coefficient (Wildman–Crippen LogP) is 3.33. The fourth-order valence-electron chi connectivity index (χ4n) is 1.68. The number of hydrogen-bond donors (Lipinski definition) is 1. The van der Waals surface area contributed by atoms with Crippen LogP contribution in [0.4, 0.5) is 23.2 Å². The topological polar surface area (TPSA) is 65.2 Å². The first-order chi connectivity index (χ1) is 10.3. The molecule has 0 unspecified atom stereocenters. The molecule has 9 heteroatoms. The third kappa shape index (κ3) is 2.45. The minimum absolute atomic E-state index is 0.531. The molecule has 0 fully saturated rings. The van der Waals surface area contributed by atoms with E-state index in [1.165, 1.54) is 0 Å². The maximum absolute atomic E-state index is 14.1. The zero-order valence-corrected chi connectivity index (χ0v) is 11.6. The van der Waals surface area contributed by atoms with Crippen LogP contribution in [0.3, 0.4) is 0 Å². The van der Waals surface area contributed by atoms with Gasteiger partial charge in [0.25, 0.3) is 0 Å². The van der Waals surface area contributed by atoms with Crippen molar-refractivity contribution < 1.29 is 27.1 Å². The van der Waals surface area contributed by atoms with Gasteiger partial charge in [-0.05, 0) is 12.1 Å². The minimum atomic E-state index is -1.81. The molecular weight excluding hydrogens is 328 g/mol. The number of nitrogens with zero attached hydrogens (tertiary/aromatic N) is 1. The molecule has 1 heterocycles. The van der Waals surface area contributed by atoms with E-state index < -0.39 is 56.9 Å².